The van der Waals surface area contributed by atoms with Crippen molar-refractivity contribution >= 4 is 68.8 Å². The quantitative estimate of drug-likeness (QED) is 0.0164. The van der Waals surface area contributed by atoms with Crippen LogP contribution in [0.15, 0.2) is 140 Å². The molecule has 7 rings (SSSR count). The number of rotatable bonds is 26. The molecule has 81 heavy (non-hydrogen) atoms. The molecule has 6 aromatic rings. The number of nitriles is 1. The first-order chi connectivity index (χ1) is 39.1. The Morgan fingerprint density at radius 2 is 1.36 bits per heavy atom. The van der Waals surface area contributed by atoms with E-state index in [0.29, 0.717) is 49.3 Å². The van der Waals surface area contributed by atoms with Gasteiger partial charge in [0.2, 0.25) is 29.5 Å². The van der Waals surface area contributed by atoms with E-state index in [1.54, 1.807) is 30.3 Å². The number of ether oxygens (including phenoxy) is 1. The zero-order chi connectivity index (χ0) is 58.2. The molecule has 20 heteroatoms. The maximum atomic E-state index is 14.7. The Bertz CT molecular complexity index is 2970. The van der Waals surface area contributed by atoms with Gasteiger partial charge >= 0.3 is 12.1 Å². The van der Waals surface area contributed by atoms with Gasteiger partial charge in [-0.2, -0.15) is 5.26 Å². The van der Waals surface area contributed by atoms with E-state index >= 15 is 0 Å². The number of para-hydroxylation sites is 1. The van der Waals surface area contributed by atoms with Crippen molar-refractivity contribution in [2.24, 2.45) is 0 Å². The smallest absolute Gasteiger partial charge is 0.408 e. The fourth-order valence-corrected chi connectivity index (χ4v) is 10.4. The summed E-state index contributed by atoms with van der Waals surface area (Å²) in [5.41, 5.74) is 9.03. The van der Waals surface area contributed by atoms with Gasteiger partial charge in [0.1, 0.15) is 47.9 Å². The molecule has 0 aliphatic carbocycles. The molecule has 19 nitrogen and oxygen atoms in total. The molecule has 5 aromatic carbocycles. The lowest BCUT2D eigenvalue weighted by atomic mass is 9.77. The van der Waals surface area contributed by atoms with E-state index in [1.165, 1.54) is 23.2 Å². The Labute approximate surface area is 476 Å². The number of aromatic nitrogens is 1. The van der Waals surface area contributed by atoms with Crippen LogP contribution in [0.3, 0.4) is 0 Å². The molecule has 1 fully saturated rings. The van der Waals surface area contributed by atoms with Crippen molar-refractivity contribution in [3.8, 4) is 6.07 Å². The highest BCUT2D eigenvalue weighted by molar-refractivity contribution is 7.19. The minimum atomic E-state index is -1.29. The average molecular weight is 1120 g/mol. The van der Waals surface area contributed by atoms with Gasteiger partial charge in [0, 0.05) is 26.4 Å². The van der Waals surface area contributed by atoms with Crippen molar-refractivity contribution in [3.63, 3.8) is 0 Å². The van der Waals surface area contributed by atoms with E-state index in [9.17, 15) is 38.7 Å². The highest BCUT2D eigenvalue weighted by atomic mass is 32.1. The third-order valence-electron chi connectivity index (χ3n) is 13.7. The summed E-state index contributed by atoms with van der Waals surface area (Å²) < 4.78 is 6.50. The molecule has 0 saturated carbocycles. The first-order valence-electron chi connectivity index (χ1n) is 27.1. The Morgan fingerprint density at radius 3 is 1.93 bits per heavy atom. The molecule has 426 valence electrons. The summed E-state index contributed by atoms with van der Waals surface area (Å²) in [6.07, 6.45) is 1.96. The average Bonchev–Trinajstić information content (AvgIpc) is 4.28. The summed E-state index contributed by atoms with van der Waals surface area (Å²) in [5, 5.41) is 33.1. The van der Waals surface area contributed by atoms with Gasteiger partial charge in [-0.3, -0.25) is 24.0 Å². The van der Waals surface area contributed by atoms with Crippen LogP contribution in [0.4, 0.5) is 10.5 Å². The number of nitrogen functional groups attached to an aromatic ring is 1. The lowest BCUT2D eigenvalue weighted by Gasteiger charge is -2.37. The number of nitrogens with one attached hydrogen (secondary N) is 5. The summed E-state index contributed by atoms with van der Waals surface area (Å²) in [5.74, 6) is -3.70. The topological polar surface area (TPSA) is 278 Å². The number of fused-ring (bicyclic) bond motifs is 1. The summed E-state index contributed by atoms with van der Waals surface area (Å²) in [6.45, 7) is 2.58. The molecule has 1 aromatic heterocycles. The summed E-state index contributed by atoms with van der Waals surface area (Å²) >= 11 is 1.36. The predicted molar refractivity (Wildman–Crippen MR) is 310 cm³/mol. The number of alkyl carbamates (subject to hydrolysis) is 1. The number of unbranched alkanes of at least 4 members (excludes halogenated alkanes) is 2. The zero-order valence-electron chi connectivity index (χ0n) is 46.0. The second-order valence-electron chi connectivity index (χ2n) is 19.9. The van der Waals surface area contributed by atoms with Crippen LogP contribution in [0.1, 0.15) is 98.4 Å². The first-order valence-corrected chi connectivity index (χ1v) is 27.9. The van der Waals surface area contributed by atoms with E-state index in [4.69, 9.17) is 15.7 Å². The van der Waals surface area contributed by atoms with Crippen LogP contribution < -0.4 is 32.3 Å². The molecule has 0 radical (unpaired) electrons. The van der Waals surface area contributed by atoms with Gasteiger partial charge in [0.15, 0.2) is 5.01 Å². The van der Waals surface area contributed by atoms with Gasteiger partial charge < -0.3 is 52.0 Å². The summed E-state index contributed by atoms with van der Waals surface area (Å²) in [4.78, 5) is 102. The van der Waals surface area contributed by atoms with E-state index in [0.717, 1.165) is 39.0 Å². The van der Waals surface area contributed by atoms with Crippen molar-refractivity contribution in [1.29, 1.82) is 5.26 Å². The number of carboxylic acids is 1. The maximum absolute atomic E-state index is 14.7. The number of benzene rings is 5. The molecule has 4 atom stereocenters. The monoisotopic (exact) mass is 1120 g/mol. The van der Waals surface area contributed by atoms with Gasteiger partial charge in [-0.1, -0.05) is 127 Å². The maximum Gasteiger partial charge on any atom is 0.408 e. The highest BCUT2D eigenvalue weighted by Crippen LogP contribution is 2.37. The number of carbonyl (C=O) groups excluding carboxylic acids is 6. The third-order valence-corrected chi connectivity index (χ3v) is 14.6. The van der Waals surface area contributed by atoms with Gasteiger partial charge in [-0.05, 0) is 113 Å². The van der Waals surface area contributed by atoms with Crippen LogP contribution in [0.2, 0.25) is 0 Å². The van der Waals surface area contributed by atoms with Crippen molar-refractivity contribution in [1.82, 2.24) is 41.4 Å². The molecule has 2 heterocycles. The van der Waals surface area contributed by atoms with Gasteiger partial charge in [0.05, 0.1) is 10.4 Å². The molecule has 1 aliphatic rings. The highest BCUT2D eigenvalue weighted by Gasteiger charge is 2.41. The molecule has 6 amide bonds. The lowest BCUT2D eigenvalue weighted by molar-refractivity contribution is -0.143. The number of amides is 6. The molecule has 1 aliphatic heterocycles. The number of nitrogens with zero attached hydrogens (tertiary/aromatic N) is 4. The number of carboxylic acid groups (broad SMARTS) is 1. The molecule has 8 N–H and O–H groups in total. The van der Waals surface area contributed by atoms with E-state index in [1.807, 2.05) is 134 Å². The molecule has 0 unspecified atom stereocenters. The molecule has 1 saturated heterocycles. The largest absolute Gasteiger partial charge is 0.480 e. The number of hydrogen-bond donors (Lipinski definition) is 7. The number of carbonyl (C=O) groups is 7. The molecule has 0 spiro atoms. The number of nitrogens with two attached hydrogens (primary N) is 1. The van der Waals surface area contributed by atoms with E-state index < -0.39 is 65.4 Å². The molecular weight excluding hydrogens is 1050 g/mol. The van der Waals surface area contributed by atoms with Crippen LogP contribution in [0.5, 0.6) is 0 Å². The van der Waals surface area contributed by atoms with Crippen LogP contribution in [0.25, 0.3) is 10.2 Å². The molecule has 0 bridgehead atoms. The Morgan fingerprint density at radius 1 is 0.765 bits per heavy atom. The van der Waals surface area contributed by atoms with E-state index in [2.05, 4.69) is 31.6 Å². The second kappa shape index (κ2) is 31.2. The minimum absolute atomic E-state index is 0.0750. The Kier molecular flexibility index (Phi) is 23.7. The lowest BCUT2D eigenvalue weighted by Crippen LogP contribution is -2.57. The third kappa shape index (κ3) is 18.2. The molecular formula is C61H72N10O9S. The minimum Gasteiger partial charge on any atom is -0.480 e. The normalized spacial score (nSPS) is 14.0. The SMILES string of the molecule is CC(=O)NCCCC[C@H](NC(=O)[C@H](CCCCN(C)C)NC(=O)[C@@H]1CCCN1C(=O)[C@H](CCC(=O)NC(c1ccccc1)(c1ccccc1)c1ccccc1)NC(=O)OCc1ccccc1)C(=O)O.N#Cc1nc2c(N)cccc2s1. The predicted octanol–water partition coefficient (Wildman–Crippen LogP) is 7.00. The standard InChI is InChI=1S/C53H67N7O9.C8H5N3S/c1-38(61)54-34-18-16-30-45(51(66)67)56-48(63)43(29-17-19-35-59(2)3)55-49(64)46-31-20-36-60(46)50(65)44(57-52(68)69-37-39-21-8-4-9-22-39)32-33-47(62)58-53(40-23-10-5-11-24-40,41-25-12-6-13-26-41)42-27-14-7-15-28-42;9-4-7-11-8-5(10)2-1-3-6(8)12-7/h4-15,21-28,43-46H,16-20,29-37H2,1-3H3,(H,54,61)(H,55,64)(H,56,63)(H,57,68)(H,58,62)(H,66,67);1-3H,10H2/t43-,44-,45-,46-;/m0./s1. The van der Waals surface area contributed by atoms with Crippen LogP contribution >= 0.6 is 11.3 Å². The van der Waals surface area contributed by atoms with Gasteiger partial charge in [-0.25, -0.2) is 14.6 Å². The van der Waals surface area contributed by atoms with Gasteiger partial charge in [-0.15, -0.1) is 11.3 Å². The zero-order valence-corrected chi connectivity index (χ0v) is 46.8. The fourth-order valence-electron chi connectivity index (χ4n) is 9.59. The summed E-state index contributed by atoms with van der Waals surface area (Å²) in [7, 11) is 3.85. The fraction of sp³-hybridized carbons (Fsp3) is 0.361. The van der Waals surface area contributed by atoms with Crippen molar-refractivity contribution in [3.05, 3.63) is 167 Å². The van der Waals surface area contributed by atoms with E-state index in [-0.39, 0.29) is 51.2 Å². The summed E-state index contributed by atoms with van der Waals surface area (Å²) in [6, 6.07) is 40.6. The van der Waals surface area contributed by atoms with Crippen molar-refractivity contribution in [2.45, 2.75) is 107 Å². The van der Waals surface area contributed by atoms with Crippen LogP contribution in [0, 0.1) is 11.3 Å². The number of aliphatic carboxylic acids is 1. The first kappa shape index (κ1) is 61.5. The number of likely N-dealkylation sites (tertiary alicyclic amines) is 1. The van der Waals surface area contributed by atoms with Crippen LogP contribution in [-0.2, 0) is 45.6 Å². The van der Waals surface area contributed by atoms with Gasteiger partial charge in [0.25, 0.3) is 0 Å². The van der Waals surface area contributed by atoms with Crippen LogP contribution in [-0.4, -0.2) is 119 Å². The number of hydrogen-bond acceptors (Lipinski definition) is 13. The number of anilines is 1. The number of thiazole rings is 1. The Balaban J connectivity index is 0.000000771. The second-order valence-corrected chi connectivity index (χ2v) is 21.0. The van der Waals surface area contributed by atoms with Crippen molar-refractivity contribution in [2.75, 3.05) is 39.5 Å². The van der Waals surface area contributed by atoms with Crippen molar-refractivity contribution < 1.29 is 43.4 Å². The Hall–Kier alpha value is -8.67.